The molecule has 0 N–H and O–H groups in total. The van der Waals surface area contributed by atoms with Crippen LogP contribution in [-0.2, 0) is 0 Å². The van der Waals surface area contributed by atoms with Crippen molar-refractivity contribution in [1.29, 1.82) is 0 Å². The van der Waals surface area contributed by atoms with E-state index in [0.29, 0.717) is 22.7 Å². The van der Waals surface area contributed by atoms with Crippen molar-refractivity contribution < 1.29 is 4.74 Å². The lowest BCUT2D eigenvalue weighted by molar-refractivity contribution is 0.415. The molecule has 4 aromatic rings. The first-order valence-corrected chi connectivity index (χ1v) is 8.45. The van der Waals surface area contributed by atoms with Crippen molar-refractivity contribution >= 4 is 28.2 Å². The molecule has 0 aliphatic carbocycles. The minimum Gasteiger partial charge on any atom is -0.497 e. The Balaban J connectivity index is 1.97. The molecular weight excluding hydrogens is 336 g/mol. The van der Waals surface area contributed by atoms with Crippen molar-refractivity contribution in [2.24, 2.45) is 0 Å². The largest absolute Gasteiger partial charge is 0.497 e. The van der Waals surface area contributed by atoms with E-state index in [0.717, 1.165) is 27.8 Å². The van der Waals surface area contributed by atoms with Crippen molar-refractivity contribution in [1.82, 2.24) is 19.6 Å². The van der Waals surface area contributed by atoms with Crippen molar-refractivity contribution in [3.8, 4) is 17.1 Å². The van der Waals surface area contributed by atoms with Gasteiger partial charge in [-0.2, -0.15) is 4.52 Å². The average Bonchev–Trinajstić information content (AvgIpc) is 3.07. The maximum atomic E-state index is 6.39. The fraction of sp³-hybridized carbons (Fsp3) is 0.211. The summed E-state index contributed by atoms with van der Waals surface area (Å²) in [5, 5.41) is 5.79. The van der Waals surface area contributed by atoms with Crippen LogP contribution in [0.2, 0.25) is 5.28 Å². The fourth-order valence-electron chi connectivity index (χ4n) is 2.95. The van der Waals surface area contributed by atoms with Crippen molar-refractivity contribution in [2.75, 3.05) is 7.11 Å². The maximum Gasteiger partial charge on any atom is 0.226 e. The molecule has 25 heavy (non-hydrogen) atoms. The zero-order valence-corrected chi connectivity index (χ0v) is 14.9. The summed E-state index contributed by atoms with van der Waals surface area (Å²) in [6.07, 6.45) is 0. The third-order valence-corrected chi connectivity index (χ3v) is 4.51. The van der Waals surface area contributed by atoms with Crippen LogP contribution in [0.4, 0.5) is 0 Å². The lowest BCUT2D eigenvalue weighted by Crippen LogP contribution is -1.98. The van der Waals surface area contributed by atoms with Crippen LogP contribution in [0.3, 0.4) is 0 Å². The summed E-state index contributed by atoms with van der Waals surface area (Å²) in [7, 11) is 1.64. The van der Waals surface area contributed by atoms with E-state index in [1.54, 1.807) is 11.6 Å². The Morgan fingerprint density at radius 3 is 2.48 bits per heavy atom. The Labute approximate surface area is 150 Å². The smallest absolute Gasteiger partial charge is 0.226 e. The maximum absolute atomic E-state index is 6.39. The lowest BCUT2D eigenvalue weighted by Gasteiger charge is -2.09. The number of benzene rings is 2. The predicted molar refractivity (Wildman–Crippen MR) is 99.4 cm³/mol. The van der Waals surface area contributed by atoms with Gasteiger partial charge in [-0.3, -0.25) is 0 Å². The van der Waals surface area contributed by atoms with Crippen LogP contribution in [0, 0.1) is 0 Å². The third-order valence-electron chi connectivity index (χ3n) is 4.26. The molecule has 0 saturated heterocycles. The second-order valence-electron chi connectivity index (χ2n) is 6.18. The number of aromatic nitrogens is 4. The van der Waals surface area contributed by atoms with Gasteiger partial charge in [-0.1, -0.05) is 26.0 Å². The van der Waals surface area contributed by atoms with Crippen LogP contribution < -0.4 is 4.74 Å². The van der Waals surface area contributed by atoms with E-state index in [4.69, 9.17) is 21.3 Å². The van der Waals surface area contributed by atoms with Gasteiger partial charge in [-0.15, -0.1) is 5.10 Å². The molecule has 126 valence electrons. The highest BCUT2D eigenvalue weighted by Gasteiger charge is 2.16. The summed E-state index contributed by atoms with van der Waals surface area (Å²) in [6, 6.07) is 13.7. The highest BCUT2D eigenvalue weighted by molar-refractivity contribution is 6.29. The van der Waals surface area contributed by atoms with Gasteiger partial charge in [0.05, 0.1) is 12.6 Å². The topological polar surface area (TPSA) is 52.3 Å². The number of rotatable bonds is 3. The van der Waals surface area contributed by atoms with Gasteiger partial charge in [0.2, 0.25) is 5.28 Å². The van der Waals surface area contributed by atoms with Gasteiger partial charge in [-0.25, -0.2) is 9.97 Å². The molecule has 0 aliphatic heterocycles. The molecule has 6 heteroatoms. The van der Waals surface area contributed by atoms with Crippen molar-refractivity contribution in [3.63, 3.8) is 0 Å². The van der Waals surface area contributed by atoms with E-state index in [1.165, 1.54) is 0 Å². The highest BCUT2D eigenvalue weighted by Crippen LogP contribution is 2.29. The summed E-state index contributed by atoms with van der Waals surface area (Å²) < 4.78 is 6.79. The van der Waals surface area contributed by atoms with E-state index < -0.39 is 0 Å². The Hall–Kier alpha value is -2.66. The molecule has 0 fully saturated rings. The van der Waals surface area contributed by atoms with Gasteiger partial charge in [0.25, 0.3) is 0 Å². The van der Waals surface area contributed by atoms with Crippen LogP contribution >= 0.6 is 11.6 Å². The Kier molecular flexibility index (Phi) is 3.81. The quantitative estimate of drug-likeness (QED) is 0.500. The zero-order valence-electron chi connectivity index (χ0n) is 14.2. The molecule has 0 saturated carbocycles. The Morgan fingerprint density at radius 1 is 1.04 bits per heavy atom. The van der Waals surface area contributed by atoms with Gasteiger partial charge >= 0.3 is 0 Å². The first-order valence-electron chi connectivity index (χ1n) is 8.08. The molecule has 0 spiro atoms. The first kappa shape index (κ1) is 15.8. The van der Waals surface area contributed by atoms with Crippen LogP contribution in [0.1, 0.15) is 25.3 Å². The standard InChI is InChI=1S/C19H17ClN4O/c1-11(2)14-5-4-6-15-16(14)21-19(20)24-18(15)22-17(23-24)12-7-9-13(25-3)10-8-12/h4-11H,1-3H3. The minimum atomic E-state index is 0.308. The van der Waals surface area contributed by atoms with E-state index >= 15 is 0 Å². The molecule has 2 heterocycles. The number of ether oxygens (including phenoxy) is 1. The number of para-hydroxylation sites is 1. The molecule has 2 aromatic heterocycles. The molecule has 0 unspecified atom stereocenters. The van der Waals surface area contributed by atoms with Gasteiger partial charge in [0.15, 0.2) is 11.5 Å². The third kappa shape index (κ3) is 2.61. The molecule has 0 bridgehead atoms. The van der Waals surface area contributed by atoms with Crippen molar-refractivity contribution in [2.45, 2.75) is 19.8 Å². The zero-order chi connectivity index (χ0) is 17.6. The second kappa shape index (κ2) is 6.01. The molecule has 4 rings (SSSR count). The first-order chi connectivity index (χ1) is 12.1. The van der Waals surface area contributed by atoms with Gasteiger partial charge in [-0.05, 0) is 53.4 Å². The lowest BCUT2D eigenvalue weighted by atomic mass is 10.0. The minimum absolute atomic E-state index is 0.308. The van der Waals surface area contributed by atoms with Gasteiger partial charge in [0.1, 0.15) is 5.75 Å². The van der Waals surface area contributed by atoms with Crippen LogP contribution in [0.15, 0.2) is 42.5 Å². The van der Waals surface area contributed by atoms with E-state index in [-0.39, 0.29) is 0 Å². The van der Waals surface area contributed by atoms with Gasteiger partial charge in [0, 0.05) is 10.9 Å². The molecule has 0 aliphatic rings. The predicted octanol–water partition coefficient (Wildman–Crippen LogP) is 4.73. The number of fused-ring (bicyclic) bond motifs is 3. The molecule has 0 atom stereocenters. The molecule has 5 nitrogen and oxygen atoms in total. The Bertz CT molecular complexity index is 1070. The van der Waals surface area contributed by atoms with Crippen LogP contribution in [0.5, 0.6) is 5.75 Å². The van der Waals surface area contributed by atoms with E-state index in [1.807, 2.05) is 36.4 Å². The Morgan fingerprint density at radius 2 is 1.80 bits per heavy atom. The number of hydrogen-bond acceptors (Lipinski definition) is 4. The van der Waals surface area contributed by atoms with E-state index in [9.17, 15) is 0 Å². The van der Waals surface area contributed by atoms with Crippen LogP contribution in [0.25, 0.3) is 27.9 Å². The molecule has 2 aromatic carbocycles. The monoisotopic (exact) mass is 352 g/mol. The molecule has 0 radical (unpaired) electrons. The van der Waals surface area contributed by atoms with Gasteiger partial charge < -0.3 is 4.74 Å². The summed E-state index contributed by atoms with van der Waals surface area (Å²) in [6.45, 7) is 4.28. The number of halogens is 1. The number of methoxy groups -OCH3 is 1. The molecule has 0 amide bonds. The fourth-order valence-corrected chi connectivity index (χ4v) is 3.15. The summed E-state index contributed by atoms with van der Waals surface area (Å²) in [4.78, 5) is 9.28. The summed E-state index contributed by atoms with van der Waals surface area (Å²) in [5.74, 6) is 1.74. The van der Waals surface area contributed by atoms with Crippen LogP contribution in [-0.4, -0.2) is 26.7 Å². The van der Waals surface area contributed by atoms with E-state index in [2.05, 4.69) is 30.0 Å². The highest BCUT2D eigenvalue weighted by atomic mass is 35.5. The normalized spacial score (nSPS) is 11.6. The number of hydrogen-bond donors (Lipinski definition) is 0. The average molecular weight is 353 g/mol. The van der Waals surface area contributed by atoms with Crippen molar-refractivity contribution in [3.05, 3.63) is 53.3 Å². The summed E-state index contributed by atoms with van der Waals surface area (Å²) >= 11 is 6.39. The SMILES string of the molecule is COc1ccc(-c2nc3c4cccc(C(C)C)c4nc(Cl)n3n2)cc1. The molecular formula is C19H17ClN4O. The second-order valence-corrected chi connectivity index (χ2v) is 6.52. The number of nitrogens with zero attached hydrogens (tertiary/aromatic N) is 4. The summed E-state index contributed by atoms with van der Waals surface area (Å²) in [5.41, 5.74) is 3.64.